The summed E-state index contributed by atoms with van der Waals surface area (Å²) >= 11 is 1.41. The summed E-state index contributed by atoms with van der Waals surface area (Å²) in [6.07, 6.45) is 2.30. The van der Waals surface area contributed by atoms with Gasteiger partial charge >= 0.3 is 0 Å². The van der Waals surface area contributed by atoms with Gasteiger partial charge in [-0.15, -0.1) is 5.10 Å². The van der Waals surface area contributed by atoms with Crippen molar-refractivity contribution in [2.45, 2.75) is 56.9 Å². The molecule has 1 amide bonds. The van der Waals surface area contributed by atoms with Crippen LogP contribution in [0.1, 0.15) is 48.2 Å². The second-order valence-corrected chi connectivity index (χ2v) is 9.11. The lowest BCUT2D eigenvalue weighted by Crippen LogP contribution is -2.23. The van der Waals surface area contributed by atoms with Gasteiger partial charge < -0.3 is 5.32 Å². The molecule has 150 valence electrons. The number of aromatic nitrogens is 3. The Hall–Kier alpha value is -2.60. The van der Waals surface area contributed by atoms with E-state index in [4.69, 9.17) is 10.1 Å². The zero-order chi connectivity index (χ0) is 20.5. The third-order valence-electron chi connectivity index (χ3n) is 5.13. The Morgan fingerprint density at radius 2 is 1.79 bits per heavy atom. The maximum absolute atomic E-state index is 12.8. The van der Waals surface area contributed by atoms with Crippen LogP contribution in [0.2, 0.25) is 0 Å². The van der Waals surface area contributed by atoms with Crippen molar-refractivity contribution < 1.29 is 4.79 Å². The summed E-state index contributed by atoms with van der Waals surface area (Å²) in [7, 11) is 0. The van der Waals surface area contributed by atoms with Crippen molar-refractivity contribution in [3.8, 4) is 5.69 Å². The minimum atomic E-state index is -0.297. The summed E-state index contributed by atoms with van der Waals surface area (Å²) in [5.74, 6) is 1.43. The number of benzene rings is 2. The topological polar surface area (TPSA) is 59.8 Å². The van der Waals surface area contributed by atoms with Gasteiger partial charge in [0.25, 0.3) is 0 Å². The quantitative estimate of drug-likeness (QED) is 0.572. The number of nitrogens with one attached hydrogen (secondary N) is 1. The molecule has 1 aliphatic carbocycles. The maximum atomic E-state index is 12.8. The molecule has 1 saturated carbocycles. The third-order valence-corrected chi connectivity index (χ3v) is 6.08. The number of anilines is 1. The van der Waals surface area contributed by atoms with Gasteiger partial charge in [-0.1, -0.05) is 47.7 Å². The molecule has 1 aromatic heterocycles. The fraction of sp³-hybridized carbons (Fsp3) is 0.348. The SMILES string of the molecule is Cc1cc(C)c(NC(=O)[C@@H](C)Sc2nc(C3CC3)n(-c3ccccc3)n2)c(C)c1. The number of rotatable bonds is 6. The van der Waals surface area contributed by atoms with E-state index in [0.29, 0.717) is 11.1 Å². The molecule has 1 N–H and O–H groups in total. The number of carbonyl (C=O) groups is 1. The average molecular weight is 407 g/mol. The number of thioether (sulfide) groups is 1. The zero-order valence-corrected chi connectivity index (χ0v) is 18.1. The summed E-state index contributed by atoms with van der Waals surface area (Å²) in [6.45, 7) is 8.02. The first-order chi connectivity index (χ1) is 13.9. The Labute approximate surface area is 175 Å². The smallest absolute Gasteiger partial charge is 0.237 e. The van der Waals surface area contributed by atoms with Gasteiger partial charge in [0.05, 0.1) is 10.9 Å². The number of para-hydroxylation sites is 1. The van der Waals surface area contributed by atoms with Crippen LogP contribution in [0.5, 0.6) is 0 Å². The Bertz CT molecular complexity index is 1020. The van der Waals surface area contributed by atoms with Crippen LogP contribution in [-0.4, -0.2) is 25.9 Å². The molecule has 0 unspecified atom stereocenters. The normalized spacial score (nSPS) is 14.6. The van der Waals surface area contributed by atoms with Crippen LogP contribution >= 0.6 is 11.8 Å². The van der Waals surface area contributed by atoms with Gasteiger partial charge in [-0.25, -0.2) is 9.67 Å². The minimum absolute atomic E-state index is 0.0333. The van der Waals surface area contributed by atoms with E-state index in [2.05, 4.69) is 24.4 Å². The van der Waals surface area contributed by atoms with Crippen LogP contribution in [-0.2, 0) is 4.79 Å². The summed E-state index contributed by atoms with van der Waals surface area (Å²) in [5.41, 5.74) is 5.26. The first-order valence-corrected chi connectivity index (χ1v) is 10.9. The lowest BCUT2D eigenvalue weighted by Gasteiger charge is -2.15. The zero-order valence-electron chi connectivity index (χ0n) is 17.3. The lowest BCUT2D eigenvalue weighted by atomic mass is 10.1. The van der Waals surface area contributed by atoms with Gasteiger partial charge in [0.15, 0.2) is 0 Å². The summed E-state index contributed by atoms with van der Waals surface area (Å²) in [5, 5.41) is 8.15. The van der Waals surface area contributed by atoms with E-state index >= 15 is 0 Å². The predicted octanol–water partition coefficient (Wildman–Crippen LogP) is 5.19. The fourth-order valence-corrected chi connectivity index (χ4v) is 4.29. The van der Waals surface area contributed by atoms with E-state index in [-0.39, 0.29) is 11.2 Å². The monoisotopic (exact) mass is 406 g/mol. The highest BCUT2D eigenvalue weighted by Crippen LogP contribution is 2.40. The number of carbonyl (C=O) groups excluding carboxylic acids is 1. The largest absolute Gasteiger partial charge is 0.325 e. The second-order valence-electron chi connectivity index (χ2n) is 7.80. The van der Waals surface area contributed by atoms with E-state index in [9.17, 15) is 4.79 Å². The Kier molecular flexibility index (Phi) is 5.46. The van der Waals surface area contributed by atoms with Gasteiger partial charge in [0.1, 0.15) is 5.82 Å². The summed E-state index contributed by atoms with van der Waals surface area (Å²) in [4.78, 5) is 17.6. The van der Waals surface area contributed by atoms with Crippen molar-refractivity contribution in [1.29, 1.82) is 0 Å². The van der Waals surface area contributed by atoms with E-state index < -0.39 is 0 Å². The van der Waals surface area contributed by atoms with Crippen LogP contribution in [0.25, 0.3) is 5.69 Å². The molecule has 5 nitrogen and oxygen atoms in total. The predicted molar refractivity (Wildman–Crippen MR) is 118 cm³/mol. The molecular weight excluding hydrogens is 380 g/mol. The highest BCUT2D eigenvalue weighted by atomic mass is 32.2. The molecule has 3 aromatic rings. The van der Waals surface area contributed by atoms with Gasteiger partial charge in [-0.05, 0) is 63.8 Å². The first kappa shape index (κ1) is 19.7. The van der Waals surface area contributed by atoms with Gasteiger partial charge in [0.2, 0.25) is 11.1 Å². The molecule has 1 atom stereocenters. The number of hydrogen-bond donors (Lipinski definition) is 1. The molecule has 6 heteroatoms. The maximum Gasteiger partial charge on any atom is 0.237 e. The number of hydrogen-bond acceptors (Lipinski definition) is 4. The fourth-order valence-electron chi connectivity index (χ4n) is 3.53. The highest BCUT2D eigenvalue weighted by molar-refractivity contribution is 8.00. The molecular formula is C23H26N4OS. The second kappa shape index (κ2) is 8.03. The van der Waals surface area contributed by atoms with E-state index in [1.807, 2.05) is 55.8 Å². The first-order valence-electron chi connectivity index (χ1n) is 10.00. The van der Waals surface area contributed by atoms with Crippen molar-refractivity contribution in [2.75, 3.05) is 5.32 Å². The summed E-state index contributed by atoms with van der Waals surface area (Å²) in [6, 6.07) is 14.2. The molecule has 2 aromatic carbocycles. The van der Waals surface area contributed by atoms with Crippen molar-refractivity contribution >= 4 is 23.4 Å². The Morgan fingerprint density at radius 3 is 2.41 bits per heavy atom. The molecule has 4 rings (SSSR count). The van der Waals surface area contributed by atoms with Crippen molar-refractivity contribution in [2.24, 2.45) is 0 Å². The van der Waals surface area contributed by atoms with Gasteiger partial charge in [-0.3, -0.25) is 4.79 Å². The third kappa shape index (κ3) is 4.37. The minimum Gasteiger partial charge on any atom is -0.325 e. The average Bonchev–Trinajstić information content (AvgIpc) is 3.45. The van der Waals surface area contributed by atoms with E-state index in [1.54, 1.807) is 0 Å². The number of nitrogens with zero attached hydrogens (tertiary/aromatic N) is 3. The molecule has 0 saturated heterocycles. The number of aryl methyl sites for hydroxylation is 3. The molecule has 1 fully saturated rings. The summed E-state index contributed by atoms with van der Waals surface area (Å²) < 4.78 is 1.93. The molecule has 1 aliphatic rings. The Morgan fingerprint density at radius 1 is 1.14 bits per heavy atom. The lowest BCUT2D eigenvalue weighted by molar-refractivity contribution is -0.115. The molecule has 29 heavy (non-hydrogen) atoms. The van der Waals surface area contributed by atoms with Crippen LogP contribution in [0, 0.1) is 20.8 Å². The van der Waals surface area contributed by atoms with Crippen LogP contribution in [0.15, 0.2) is 47.6 Å². The standard InChI is InChI=1S/C23H26N4OS/c1-14-12-15(2)20(16(3)13-14)24-22(28)17(4)29-23-25-21(18-10-11-18)27(26-23)19-8-6-5-7-9-19/h5-9,12-13,17-18H,10-11H2,1-4H3,(H,24,28)/t17-/m1/s1. The van der Waals surface area contributed by atoms with Crippen LogP contribution < -0.4 is 5.32 Å². The van der Waals surface area contributed by atoms with E-state index in [0.717, 1.165) is 41.2 Å². The molecule has 0 spiro atoms. The van der Waals surface area contributed by atoms with Crippen molar-refractivity contribution in [3.05, 3.63) is 65.0 Å². The Balaban J connectivity index is 1.51. The van der Waals surface area contributed by atoms with Gasteiger partial charge in [-0.2, -0.15) is 0 Å². The molecule has 0 radical (unpaired) electrons. The molecule has 0 bridgehead atoms. The van der Waals surface area contributed by atoms with Crippen LogP contribution in [0.3, 0.4) is 0 Å². The number of amides is 1. The van der Waals surface area contributed by atoms with Gasteiger partial charge in [0, 0.05) is 11.6 Å². The molecule has 1 heterocycles. The molecule has 0 aliphatic heterocycles. The van der Waals surface area contributed by atoms with Crippen LogP contribution in [0.4, 0.5) is 5.69 Å². The van der Waals surface area contributed by atoms with Crippen molar-refractivity contribution in [3.63, 3.8) is 0 Å². The van der Waals surface area contributed by atoms with E-state index in [1.165, 1.54) is 17.3 Å². The highest BCUT2D eigenvalue weighted by Gasteiger charge is 2.31. The van der Waals surface area contributed by atoms with Crippen molar-refractivity contribution in [1.82, 2.24) is 14.8 Å².